The maximum atomic E-state index is 14.4. The normalized spacial score (nSPS) is 21.5. The fourth-order valence-electron chi connectivity index (χ4n) is 5.13. The SMILES string of the molecule is CC(C)(C)NC(=O)[C@]1(N2C(=O)C[C@H]2c2ccccc2)C(=O)N(Cc2ccccc2)c2ccccc21. The number of amides is 3. The van der Waals surface area contributed by atoms with Gasteiger partial charge in [0.15, 0.2) is 0 Å². The van der Waals surface area contributed by atoms with Gasteiger partial charge in [-0.3, -0.25) is 14.4 Å². The molecule has 2 heterocycles. The summed E-state index contributed by atoms with van der Waals surface area (Å²) in [4.78, 5) is 45.0. The summed E-state index contributed by atoms with van der Waals surface area (Å²) in [6, 6.07) is 26.2. The van der Waals surface area contributed by atoms with Gasteiger partial charge < -0.3 is 15.1 Å². The summed E-state index contributed by atoms with van der Waals surface area (Å²) in [6.07, 6.45) is 0.253. The molecule has 1 N–H and O–H groups in total. The largest absolute Gasteiger partial charge is 0.349 e. The van der Waals surface area contributed by atoms with Crippen LogP contribution in [0.4, 0.5) is 5.69 Å². The van der Waals surface area contributed by atoms with Crippen LogP contribution >= 0.6 is 0 Å². The molecule has 2 aliphatic rings. The smallest absolute Gasteiger partial charge is 0.267 e. The van der Waals surface area contributed by atoms with Gasteiger partial charge in [-0.1, -0.05) is 78.9 Å². The number of carbonyl (C=O) groups is 3. The molecule has 0 spiro atoms. The molecule has 2 aliphatic heterocycles. The lowest BCUT2D eigenvalue weighted by molar-refractivity contribution is -0.171. The number of para-hydroxylation sites is 1. The van der Waals surface area contributed by atoms with Gasteiger partial charge in [0.25, 0.3) is 11.8 Å². The molecule has 2 atom stereocenters. The van der Waals surface area contributed by atoms with Crippen LogP contribution in [-0.2, 0) is 26.5 Å². The third-order valence-corrected chi connectivity index (χ3v) is 6.63. The maximum absolute atomic E-state index is 14.4. The van der Waals surface area contributed by atoms with E-state index in [-0.39, 0.29) is 18.4 Å². The lowest BCUT2D eigenvalue weighted by Gasteiger charge is -2.50. The number of β-lactam (4-membered cyclic amide) rings is 1. The number of anilines is 1. The summed E-state index contributed by atoms with van der Waals surface area (Å²) in [7, 11) is 0. The molecular formula is C29H29N3O3. The molecular weight excluding hydrogens is 438 g/mol. The molecule has 6 nitrogen and oxygen atoms in total. The summed E-state index contributed by atoms with van der Waals surface area (Å²) >= 11 is 0. The average molecular weight is 468 g/mol. The highest BCUT2D eigenvalue weighted by atomic mass is 16.2. The zero-order valence-corrected chi connectivity index (χ0v) is 20.2. The molecule has 3 amide bonds. The molecule has 0 aromatic heterocycles. The van der Waals surface area contributed by atoms with Gasteiger partial charge in [-0.15, -0.1) is 0 Å². The molecule has 3 aromatic rings. The first-order chi connectivity index (χ1) is 16.7. The first kappa shape index (κ1) is 22.8. The van der Waals surface area contributed by atoms with Crippen molar-refractivity contribution in [2.24, 2.45) is 0 Å². The van der Waals surface area contributed by atoms with E-state index in [0.29, 0.717) is 17.8 Å². The van der Waals surface area contributed by atoms with Crippen LogP contribution in [0.2, 0.25) is 0 Å². The van der Waals surface area contributed by atoms with Crippen molar-refractivity contribution in [3.05, 3.63) is 102 Å². The fourth-order valence-corrected chi connectivity index (χ4v) is 5.13. The Hall–Kier alpha value is -3.93. The van der Waals surface area contributed by atoms with Gasteiger partial charge in [-0.25, -0.2) is 0 Å². The Balaban J connectivity index is 1.69. The van der Waals surface area contributed by atoms with Crippen molar-refractivity contribution in [3.63, 3.8) is 0 Å². The Morgan fingerprint density at radius 3 is 2.14 bits per heavy atom. The summed E-state index contributed by atoms with van der Waals surface area (Å²) in [5.41, 5.74) is 0.657. The van der Waals surface area contributed by atoms with Crippen LogP contribution in [0.15, 0.2) is 84.9 Å². The molecule has 0 radical (unpaired) electrons. The second-order valence-corrected chi connectivity index (χ2v) is 10.2. The molecule has 35 heavy (non-hydrogen) atoms. The van der Waals surface area contributed by atoms with Crippen LogP contribution in [0.3, 0.4) is 0 Å². The summed E-state index contributed by atoms with van der Waals surface area (Å²) in [5, 5.41) is 3.02. The number of benzene rings is 3. The molecule has 0 unspecified atom stereocenters. The standard InChI is InChI=1S/C29H29N3O3/c1-28(2,3)30-26(34)29(32-24(18-25(32)33)21-14-8-5-9-15-21)22-16-10-11-17-23(22)31(27(29)35)19-20-12-6-4-7-13-20/h4-17,24H,18-19H2,1-3H3,(H,30,34)/t24-,29-/m0/s1. The van der Waals surface area contributed by atoms with Crippen molar-refractivity contribution in [2.75, 3.05) is 4.90 Å². The monoisotopic (exact) mass is 467 g/mol. The van der Waals surface area contributed by atoms with Gasteiger partial charge in [0.05, 0.1) is 24.7 Å². The molecule has 0 aliphatic carbocycles. The number of likely N-dealkylation sites (tertiary alicyclic amines) is 1. The zero-order valence-electron chi connectivity index (χ0n) is 20.2. The summed E-state index contributed by atoms with van der Waals surface area (Å²) < 4.78 is 0. The van der Waals surface area contributed by atoms with E-state index >= 15 is 0 Å². The van der Waals surface area contributed by atoms with Crippen LogP contribution in [0, 0.1) is 0 Å². The van der Waals surface area contributed by atoms with Gasteiger partial charge in [0.2, 0.25) is 11.4 Å². The Morgan fingerprint density at radius 2 is 1.51 bits per heavy atom. The number of carbonyl (C=O) groups excluding carboxylic acids is 3. The van der Waals surface area contributed by atoms with Crippen molar-refractivity contribution in [1.82, 2.24) is 10.2 Å². The average Bonchev–Trinajstić information content (AvgIpc) is 3.06. The van der Waals surface area contributed by atoms with Crippen molar-refractivity contribution in [2.45, 2.75) is 50.9 Å². The van der Waals surface area contributed by atoms with Gasteiger partial charge in [-0.2, -0.15) is 0 Å². The lowest BCUT2D eigenvalue weighted by atomic mass is 9.80. The van der Waals surface area contributed by atoms with E-state index < -0.39 is 22.9 Å². The topological polar surface area (TPSA) is 69.7 Å². The van der Waals surface area contributed by atoms with Crippen molar-refractivity contribution >= 4 is 23.4 Å². The van der Waals surface area contributed by atoms with Gasteiger partial charge in [-0.05, 0) is 38.0 Å². The van der Waals surface area contributed by atoms with E-state index in [0.717, 1.165) is 11.1 Å². The fraction of sp³-hybridized carbons (Fsp3) is 0.276. The Kier molecular flexibility index (Phi) is 5.47. The number of rotatable bonds is 5. The summed E-state index contributed by atoms with van der Waals surface area (Å²) in [5.74, 6) is -1.10. The molecule has 5 rings (SSSR count). The first-order valence-corrected chi connectivity index (χ1v) is 11.9. The highest BCUT2D eigenvalue weighted by molar-refractivity contribution is 6.23. The second-order valence-electron chi connectivity index (χ2n) is 10.2. The number of fused-ring (bicyclic) bond motifs is 1. The predicted octanol–water partition coefficient (Wildman–Crippen LogP) is 4.32. The van der Waals surface area contributed by atoms with E-state index in [1.165, 1.54) is 4.90 Å². The minimum absolute atomic E-state index is 0.215. The van der Waals surface area contributed by atoms with E-state index in [2.05, 4.69) is 5.32 Å². The van der Waals surface area contributed by atoms with E-state index in [9.17, 15) is 14.4 Å². The maximum Gasteiger partial charge on any atom is 0.267 e. The Morgan fingerprint density at radius 1 is 0.914 bits per heavy atom. The van der Waals surface area contributed by atoms with Gasteiger partial charge >= 0.3 is 0 Å². The number of hydrogen-bond acceptors (Lipinski definition) is 3. The van der Waals surface area contributed by atoms with Crippen molar-refractivity contribution in [3.8, 4) is 0 Å². The van der Waals surface area contributed by atoms with Crippen LogP contribution in [0.1, 0.15) is 49.9 Å². The third kappa shape index (κ3) is 3.70. The van der Waals surface area contributed by atoms with Gasteiger partial charge in [0.1, 0.15) is 0 Å². The molecule has 178 valence electrons. The highest BCUT2D eigenvalue weighted by Gasteiger charge is 2.66. The lowest BCUT2D eigenvalue weighted by Crippen LogP contribution is -2.69. The number of hydrogen-bond donors (Lipinski definition) is 1. The minimum atomic E-state index is -1.78. The first-order valence-electron chi connectivity index (χ1n) is 11.9. The van der Waals surface area contributed by atoms with Crippen LogP contribution < -0.4 is 10.2 Å². The molecule has 1 saturated heterocycles. The summed E-state index contributed by atoms with van der Waals surface area (Å²) in [6.45, 7) is 5.92. The molecule has 0 saturated carbocycles. The highest BCUT2D eigenvalue weighted by Crippen LogP contribution is 2.52. The number of nitrogens with one attached hydrogen (secondary N) is 1. The van der Waals surface area contributed by atoms with Crippen LogP contribution in [0.5, 0.6) is 0 Å². The number of nitrogens with zero attached hydrogens (tertiary/aromatic N) is 2. The van der Waals surface area contributed by atoms with E-state index in [4.69, 9.17) is 0 Å². The van der Waals surface area contributed by atoms with Crippen molar-refractivity contribution in [1.29, 1.82) is 0 Å². The van der Waals surface area contributed by atoms with E-state index in [1.807, 2.05) is 99.6 Å². The molecule has 6 heteroatoms. The quantitative estimate of drug-likeness (QED) is 0.449. The predicted molar refractivity (Wildman–Crippen MR) is 134 cm³/mol. The minimum Gasteiger partial charge on any atom is -0.349 e. The second kappa shape index (κ2) is 8.38. The van der Waals surface area contributed by atoms with Crippen LogP contribution in [-0.4, -0.2) is 28.2 Å². The Labute approximate surface area is 205 Å². The van der Waals surface area contributed by atoms with Crippen molar-refractivity contribution < 1.29 is 14.4 Å². The molecule has 3 aromatic carbocycles. The Bertz CT molecular complexity index is 1280. The molecule has 1 fully saturated rings. The van der Waals surface area contributed by atoms with Crippen LogP contribution in [0.25, 0.3) is 0 Å². The molecule has 0 bridgehead atoms. The van der Waals surface area contributed by atoms with E-state index in [1.54, 1.807) is 11.0 Å². The van der Waals surface area contributed by atoms with Gasteiger partial charge in [0, 0.05) is 11.1 Å². The third-order valence-electron chi connectivity index (χ3n) is 6.63. The zero-order chi connectivity index (χ0) is 24.8.